The molecule has 0 amide bonds. The smallest absolute Gasteiger partial charge is 0.303 e. The summed E-state index contributed by atoms with van der Waals surface area (Å²) in [6, 6.07) is 11.4. The number of anilines is 1. The summed E-state index contributed by atoms with van der Waals surface area (Å²) in [5, 5.41) is 12.1. The molecule has 3 heterocycles. The van der Waals surface area contributed by atoms with Crippen LogP contribution >= 0.6 is 0 Å². The van der Waals surface area contributed by atoms with E-state index in [1.165, 1.54) is 0 Å². The van der Waals surface area contributed by atoms with Crippen LogP contribution in [0, 0.1) is 0 Å². The maximum Gasteiger partial charge on any atom is 0.303 e. The number of hydrogen-bond acceptors (Lipinski definition) is 6. The van der Waals surface area contributed by atoms with Crippen molar-refractivity contribution in [2.45, 2.75) is 19.8 Å². The largest absolute Gasteiger partial charge is 0.489 e. The van der Waals surface area contributed by atoms with Crippen molar-refractivity contribution in [3.8, 4) is 5.75 Å². The lowest BCUT2D eigenvalue weighted by Crippen LogP contribution is -2.36. The lowest BCUT2D eigenvalue weighted by molar-refractivity contribution is -0.136. The number of carbonyl (C=O) groups is 1. The first kappa shape index (κ1) is 19.6. The zero-order chi connectivity index (χ0) is 20.9. The minimum Gasteiger partial charge on any atom is -0.489 e. The van der Waals surface area contributed by atoms with Gasteiger partial charge in [0.15, 0.2) is 12.5 Å². The number of pyridine rings is 1. The first-order valence-corrected chi connectivity index (χ1v) is 9.84. The molecule has 0 aliphatic carbocycles. The third kappa shape index (κ3) is 4.00. The average Bonchev–Trinajstić information content (AvgIpc) is 2.78. The molecule has 0 atom stereocenters. The molecule has 0 saturated heterocycles. The van der Waals surface area contributed by atoms with E-state index in [9.17, 15) is 4.79 Å². The second kappa shape index (κ2) is 8.73. The van der Waals surface area contributed by atoms with E-state index in [4.69, 9.17) is 14.6 Å². The Kier molecular flexibility index (Phi) is 5.70. The van der Waals surface area contributed by atoms with Crippen molar-refractivity contribution in [1.29, 1.82) is 0 Å². The predicted octanol–water partition coefficient (Wildman–Crippen LogP) is 3.66. The minimum absolute atomic E-state index is 0.115. The summed E-state index contributed by atoms with van der Waals surface area (Å²) in [6.07, 6.45) is 8.18. The Bertz CT molecular complexity index is 1020. The number of fused-ring (bicyclic) bond motifs is 2. The summed E-state index contributed by atoms with van der Waals surface area (Å²) in [7, 11) is 0. The normalized spacial score (nSPS) is 14.4. The Hall–Kier alpha value is -3.74. The van der Waals surface area contributed by atoms with Gasteiger partial charge in [-0.05, 0) is 55.3 Å². The average molecular weight is 405 g/mol. The Morgan fingerprint density at radius 2 is 2.03 bits per heavy atom. The van der Waals surface area contributed by atoms with E-state index in [1.807, 2.05) is 61.7 Å². The number of carboxylic acid groups (broad SMARTS) is 1. The molecular weight excluding hydrogens is 382 g/mol. The second-order valence-corrected chi connectivity index (χ2v) is 6.80. The number of aromatic nitrogens is 1. The summed E-state index contributed by atoms with van der Waals surface area (Å²) < 4.78 is 12.0. The highest BCUT2D eigenvalue weighted by atomic mass is 16.5. The fourth-order valence-corrected chi connectivity index (χ4v) is 3.44. The highest BCUT2D eigenvalue weighted by Gasteiger charge is 2.31. The number of aliphatic carboxylic acids is 1. The molecule has 2 N–H and O–H groups in total. The van der Waals surface area contributed by atoms with Crippen molar-refractivity contribution in [3.05, 3.63) is 83.6 Å². The number of rotatable bonds is 8. The molecule has 0 bridgehead atoms. The third-order valence-corrected chi connectivity index (χ3v) is 4.84. The number of benzene rings is 1. The Balaban J connectivity index is 1.56. The molecule has 1 aromatic heterocycles. The Morgan fingerprint density at radius 3 is 2.80 bits per heavy atom. The zero-order valence-electron chi connectivity index (χ0n) is 16.7. The van der Waals surface area contributed by atoms with Crippen LogP contribution in [0.1, 0.15) is 24.6 Å². The lowest BCUT2D eigenvalue weighted by atomic mass is 10.0. The van der Waals surface area contributed by atoms with Crippen LogP contribution < -0.4 is 15.0 Å². The first-order valence-electron chi connectivity index (χ1n) is 9.84. The van der Waals surface area contributed by atoms with Crippen molar-refractivity contribution in [2.24, 2.45) is 0 Å². The molecule has 7 nitrogen and oxygen atoms in total. The summed E-state index contributed by atoms with van der Waals surface area (Å²) in [6.45, 7) is 2.78. The van der Waals surface area contributed by atoms with E-state index in [0.717, 1.165) is 34.1 Å². The summed E-state index contributed by atoms with van der Waals surface area (Å²) in [5.41, 5.74) is 4.44. The Morgan fingerprint density at radius 1 is 1.20 bits per heavy atom. The van der Waals surface area contributed by atoms with Gasteiger partial charge in [-0.15, -0.1) is 0 Å². The van der Waals surface area contributed by atoms with Gasteiger partial charge in [0.2, 0.25) is 0 Å². The maximum atomic E-state index is 10.7. The van der Waals surface area contributed by atoms with E-state index < -0.39 is 5.97 Å². The standard InChI is InChI=1S/C23H23N3O4/c1-2-29-23-21-18(5-3-13-24-21)26(19-6-4-14-25-22(19)23)15-30-17-10-7-16(8-11-17)9-12-20(27)28/h3-8,10-11,13-14,24H,2,9,12,15H2,1H3,(H,27,28). The fourth-order valence-electron chi connectivity index (χ4n) is 3.44. The summed E-state index contributed by atoms with van der Waals surface area (Å²) >= 11 is 0. The Labute approximate surface area is 174 Å². The molecule has 2 aromatic rings. The van der Waals surface area contributed by atoms with Crippen molar-refractivity contribution in [3.63, 3.8) is 0 Å². The fraction of sp³-hybridized carbons (Fsp3) is 0.217. The van der Waals surface area contributed by atoms with Crippen LogP contribution in [0.2, 0.25) is 0 Å². The molecule has 4 rings (SSSR count). The van der Waals surface area contributed by atoms with E-state index in [2.05, 4.69) is 15.2 Å². The first-order chi connectivity index (χ1) is 14.7. The van der Waals surface area contributed by atoms with Gasteiger partial charge < -0.3 is 24.8 Å². The molecular formula is C23H23N3O4. The highest BCUT2D eigenvalue weighted by Crippen LogP contribution is 2.39. The van der Waals surface area contributed by atoms with Gasteiger partial charge in [-0.2, -0.15) is 0 Å². The summed E-state index contributed by atoms with van der Waals surface area (Å²) in [4.78, 5) is 17.3. The van der Waals surface area contributed by atoms with Gasteiger partial charge in [-0.1, -0.05) is 12.1 Å². The monoisotopic (exact) mass is 405 g/mol. The summed E-state index contributed by atoms with van der Waals surface area (Å²) in [5.74, 6) is 0.634. The van der Waals surface area contributed by atoms with Crippen LogP contribution in [0.4, 0.5) is 5.69 Å². The molecule has 0 spiro atoms. The van der Waals surface area contributed by atoms with Gasteiger partial charge in [0, 0.05) is 18.8 Å². The molecule has 0 fully saturated rings. The number of hydrogen-bond donors (Lipinski definition) is 2. The molecule has 0 saturated carbocycles. The molecule has 30 heavy (non-hydrogen) atoms. The number of ether oxygens (including phenoxy) is 2. The van der Waals surface area contributed by atoms with Gasteiger partial charge in [0.05, 0.1) is 18.0 Å². The zero-order valence-corrected chi connectivity index (χ0v) is 16.7. The lowest BCUT2D eigenvalue weighted by Gasteiger charge is -2.35. The van der Waals surface area contributed by atoms with Crippen molar-refractivity contribution in [1.82, 2.24) is 10.3 Å². The molecule has 1 aromatic carbocycles. The van der Waals surface area contributed by atoms with Crippen LogP contribution in [0.25, 0.3) is 5.76 Å². The van der Waals surface area contributed by atoms with Crippen LogP contribution in [-0.4, -0.2) is 29.4 Å². The predicted molar refractivity (Wildman–Crippen MR) is 114 cm³/mol. The van der Waals surface area contributed by atoms with Crippen LogP contribution in [0.5, 0.6) is 5.75 Å². The molecule has 2 aliphatic heterocycles. The number of allylic oxidation sites excluding steroid dienone is 2. The quantitative estimate of drug-likeness (QED) is 0.693. The van der Waals surface area contributed by atoms with Gasteiger partial charge >= 0.3 is 5.97 Å². The van der Waals surface area contributed by atoms with Crippen molar-refractivity contribution >= 4 is 17.4 Å². The van der Waals surface area contributed by atoms with E-state index in [0.29, 0.717) is 18.8 Å². The SMILES string of the molecule is CCOC1=C2NC=CC=C2N(COc2ccc(CCC(=O)O)cc2)c2cccnc21. The van der Waals surface area contributed by atoms with E-state index >= 15 is 0 Å². The van der Waals surface area contributed by atoms with Crippen LogP contribution in [0.15, 0.2) is 72.3 Å². The third-order valence-electron chi connectivity index (χ3n) is 4.84. The number of carboxylic acids is 1. The maximum absolute atomic E-state index is 10.7. The van der Waals surface area contributed by atoms with Gasteiger partial charge in [-0.25, -0.2) is 0 Å². The molecule has 7 heteroatoms. The van der Waals surface area contributed by atoms with Gasteiger partial charge in [-0.3, -0.25) is 9.78 Å². The number of aryl methyl sites for hydroxylation is 1. The van der Waals surface area contributed by atoms with Gasteiger partial charge in [0.25, 0.3) is 0 Å². The van der Waals surface area contributed by atoms with Crippen molar-refractivity contribution in [2.75, 3.05) is 18.2 Å². The topological polar surface area (TPSA) is 83.9 Å². The number of dihydropyridines is 1. The van der Waals surface area contributed by atoms with E-state index in [-0.39, 0.29) is 13.2 Å². The van der Waals surface area contributed by atoms with Crippen LogP contribution in [-0.2, 0) is 16.0 Å². The van der Waals surface area contributed by atoms with E-state index in [1.54, 1.807) is 6.20 Å². The minimum atomic E-state index is -0.800. The number of nitrogens with one attached hydrogen (secondary N) is 1. The molecule has 2 aliphatic rings. The second-order valence-electron chi connectivity index (χ2n) is 6.80. The van der Waals surface area contributed by atoms with Gasteiger partial charge in [0.1, 0.15) is 17.1 Å². The molecule has 0 radical (unpaired) electrons. The van der Waals surface area contributed by atoms with Crippen LogP contribution in [0.3, 0.4) is 0 Å². The number of nitrogens with zero attached hydrogens (tertiary/aromatic N) is 2. The van der Waals surface area contributed by atoms with Crippen molar-refractivity contribution < 1.29 is 19.4 Å². The highest BCUT2D eigenvalue weighted by molar-refractivity contribution is 5.82. The molecule has 154 valence electrons. The molecule has 0 unspecified atom stereocenters.